The average Bonchev–Trinajstić information content (AvgIpc) is 2.38. The van der Waals surface area contributed by atoms with Crippen LogP contribution in [-0.4, -0.2) is 41.4 Å². The Morgan fingerprint density at radius 2 is 2.00 bits per heavy atom. The summed E-state index contributed by atoms with van der Waals surface area (Å²) in [6.45, 7) is 4.04. The van der Waals surface area contributed by atoms with Crippen LogP contribution in [0.1, 0.15) is 24.5 Å². The lowest BCUT2D eigenvalue weighted by molar-refractivity contribution is 0.196. The van der Waals surface area contributed by atoms with Crippen molar-refractivity contribution in [3.63, 3.8) is 0 Å². The van der Waals surface area contributed by atoms with Crippen LogP contribution in [0.15, 0.2) is 18.2 Å². The lowest BCUT2D eigenvalue weighted by Gasteiger charge is -2.19. The SMILES string of the molecule is CCN(CCO)Cc1cc(F)cc(C#CCCO)c1. The summed E-state index contributed by atoms with van der Waals surface area (Å²) in [6, 6.07) is 4.71. The molecule has 2 N–H and O–H groups in total. The van der Waals surface area contributed by atoms with Crippen LogP contribution in [0.2, 0.25) is 0 Å². The van der Waals surface area contributed by atoms with Crippen molar-refractivity contribution in [2.45, 2.75) is 19.9 Å². The number of aliphatic hydroxyl groups is 2. The van der Waals surface area contributed by atoms with Gasteiger partial charge in [0.25, 0.3) is 0 Å². The molecule has 1 aromatic rings. The molecule has 0 aliphatic rings. The lowest BCUT2D eigenvalue weighted by atomic mass is 10.1. The number of rotatable bonds is 6. The minimum absolute atomic E-state index is 0.00921. The first kappa shape index (κ1) is 15.6. The molecule has 4 heteroatoms. The summed E-state index contributed by atoms with van der Waals surface area (Å²) in [5.74, 6) is 5.30. The van der Waals surface area contributed by atoms with Crippen LogP contribution in [0.5, 0.6) is 0 Å². The Morgan fingerprint density at radius 1 is 1.21 bits per heavy atom. The summed E-state index contributed by atoms with van der Waals surface area (Å²) in [4.78, 5) is 2.03. The molecule has 0 unspecified atom stereocenters. The summed E-state index contributed by atoms with van der Waals surface area (Å²) >= 11 is 0. The smallest absolute Gasteiger partial charge is 0.124 e. The van der Waals surface area contributed by atoms with Crippen LogP contribution in [0.3, 0.4) is 0 Å². The number of hydrogen-bond acceptors (Lipinski definition) is 3. The number of hydrogen-bond donors (Lipinski definition) is 2. The number of nitrogens with zero attached hydrogens (tertiary/aromatic N) is 1. The normalized spacial score (nSPS) is 10.4. The maximum absolute atomic E-state index is 13.5. The minimum atomic E-state index is -0.314. The molecule has 0 fully saturated rings. The largest absolute Gasteiger partial charge is 0.395 e. The summed E-state index contributed by atoms with van der Waals surface area (Å²) < 4.78 is 13.5. The maximum Gasteiger partial charge on any atom is 0.124 e. The van der Waals surface area contributed by atoms with Gasteiger partial charge in [-0.3, -0.25) is 4.90 Å². The highest BCUT2D eigenvalue weighted by atomic mass is 19.1. The van der Waals surface area contributed by atoms with E-state index >= 15 is 0 Å². The third-order valence-electron chi connectivity index (χ3n) is 2.70. The number of halogens is 1. The van der Waals surface area contributed by atoms with Gasteiger partial charge < -0.3 is 10.2 Å². The molecule has 0 aromatic heterocycles. The molecule has 0 aliphatic carbocycles. The van der Waals surface area contributed by atoms with E-state index in [2.05, 4.69) is 11.8 Å². The Labute approximate surface area is 113 Å². The van der Waals surface area contributed by atoms with E-state index in [0.29, 0.717) is 25.1 Å². The standard InChI is InChI=1S/C15H20FNO2/c1-2-17(6-8-19)12-14-9-13(5-3-4-7-18)10-15(16)11-14/h9-11,18-19H,2,4,6-8,12H2,1H3. The average molecular weight is 265 g/mol. The molecule has 19 heavy (non-hydrogen) atoms. The van der Waals surface area contributed by atoms with Gasteiger partial charge in [-0.15, -0.1) is 0 Å². The molecule has 0 bridgehead atoms. The van der Waals surface area contributed by atoms with Crippen LogP contribution in [0, 0.1) is 17.7 Å². The second kappa shape index (κ2) is 8.65. The Bertz CT molecular complexity index is 451. The van der Waals surface area contributed by atoms with Gasteiger partial charge in [-0.2, -0.15) is 0 Å². The predicted molar refractivity (Wildman–Crippen MR) is 73.0 cm³/mol. The molecule has 0 spiro atoms. The van der Waals surface area contributed by atoms with Crippen molar-refractivity contribution in [3.05, 3.63) is 35.1 Å². The van der Waals surface area contributed by atoms with Crippen molar-refractivity contribution < 1.29 is 14.6 Å². The lowest BCUT2D eigenvalue weighted by Crippen LogP contribution is -2.26. The van der Waals surface area contributed by atoms with Gasteiger partial charge in [0.2, 0.25) is 0 Å². The highest BCUT2D eigenvalue weighted by Gasteiger charge is 2.05. The second-order valence-electron chi connectivity index (χ2n) is 4.22. The molecule has 0 radical (unpaired) electrons. The Kier molecular flexibility index (Phi) is 7.12. The van der Waals surface area contributed by atoms with E-state index in [-0.39, 0.29) is 19.0 Å². The molecule has 1 aromatic carbocycles. The zero-order valence-corrected chi connectivity index (χ0v) is 11.2. The Balaban J connectivity index is 2.81. The highest BCUT2D eigenvalue weighted by molar-refractivity contribution is 5.37. The van der Waals surface area contributed by atoms with E-state index in [4.69, 9.17) is 10.2 Å². The fourth-order valence-corrected chi connectivity index (χ4v) is 1.78. The topological polar surface area (TPSA) is 43.7 Å². The van der Waals surface area contributed by atoms with Crippen LogP contribution < -0.4 is 0 Å². The second-order valence-corrected chi connectivity index (χ2v) is 4.22. The van der Waals surface area contributed by atoms with Gasteiger partial charge >= 0.3 is 0 Å². The zero-order chi connectivity index (χ0) is 14.1. The number of likely N-dealkylation sites (N-methyl/N-ethyl adjacent to an activating group) is 1. The summed E-state index contributed by atoms with van der Waals surface area (Å²) in [5, 5.41) is 17.6. The van der Waals surface area contributed by atoms with Gasteiger partial charge in [-0.1, -0.05) is 18.8 Å². The van der Waals surface area contributed by atoms with Gasteiger partial charge in [-0.25, -0.2) is 4.39 Å². The van der Waals surface area contributed by atoms with Crippen molar-refractivity contribution in [3.8, 4) is 11.8 Å². The number of aliphatic hydroxyl groups excluding tert-OH is 2. The van der Waals surface area contributed by atoms with E-state index in [0.717, 1.165) is 12.1 Å². The molecular formula is C15H20FNO2. The van der Waals surface area contributed by atoms with Crippen LogP contribution in [0.4, 0.5) is 4.39 Å². The van der Waals surface area contributed by atoms with Gasteiger partial charge in [0.05, 0.1) is 13.2 Å². The van der Waals surface area contributed by atoms with E-state index in [1.807, 2.05) is 17.9 Å². The first-order chi connectivity index (χ1) is 9.19. The predicted octanol–water partition coefficient (Wildman–Crippen LogP) is 1.37. The van der Waals surface area contributed by atoms with Crippen LogP contribution in [0.25, 0.3) is 0 Å². The molecule has 3 nitrogen and oxygen atoms in total. The van der Waals surface area contributed by atoms with Gasteiger partial charge in [-0.05, 0) is 30.3 Å². The van der Waals surface area contributed by atoms with Gasteiger partial charge in [0.1, 0.15) is 5.82 Å². The quantitative estimate of drug-likeness (QED) is 0.764. The van der Waals surface area contributed by atoms with Crippen LogP contribution in [-0.2, 0) is 6.54 Å². The summed E-state index contributed by atoms with van der Waals surface area (Å²) in [7, 11) is 0. The van der Waals surface area contributed by atoms with E-state index in [9.17, 15) is 4.39 Å². The molecule has 0 saturated heterocycles. The Morgan fingerprint density at radius 3 is 2.63 bits per heavy atom. The summed E-state index contributed by atoms with van der Waals surface area (Å²) in [6.07, 6.45) is 0.386. The third kappa shape index (κ3) is 5.84. The van der Waals surface area contributed by atoms with E-state index < -0.39 is 0 Å². The van der Waals surface area contributed by atoms with Gasteiger partial charge in [0.15, 0.2) is 0 Å². The van der Waals surface area contributed by atoms with Gasteiger partial charge in [0, 0.05) is 25.1 Å². The minimum Gasteiger partial charge on any atom is -0.395 e. The van der Waals surface area contributed by atoms with E-state index in [1.54, 1.807) is 0 Å². The van der Waals surface area contributed by atoms with Crippen molar-refractivity contribution in [2.75, 3.05) is 26.3 Å². The monoisotopic (exact) mass is 265 g/mol. The fraction of sp³-hybridized carbons (Fsp3) is 0.467. The van der Waals surface area contributed by atoms with Crippen molar-refractivity contribution in [1.29, 1.82) is 0 Å². The highest BCUT2D eigenvalue weighted by Crippen LogP contribution is 2.11. The molecule has 0 amide bonds. The molecule has 0 heterocycles. The maximum atomic E-state index is 13.5. The molecule has 104 valence electrons. The van der Waals surface area contributed by atoms with Crippen molar-refractivity contribution in [1.82, 2.24) is 4.90 Å². The Hall–Kier alpha value is -1.41. The van der Waals surface area contributed by atoms with Crippen LogP contribution >= 0.6 is 0 Å². The fourth-order valence-electron chi connectivity index (χ4n) is 1.78. The molecule has 0 aliphatic heterocycles. The molecular weight excluding hydrogens is 245 g/mol. The molecule has 0 saturated carbocycles. The van der Waals surface area contributed by atoms with Crippen molar-refractivity contribution >= 4 is 0 Å². The zero-order valence-electron chi connectivity index (χ0n) is 11.2. The third-order valence-corrected chi connectivity index (χ3v) is 2.70. The first-order valence-electron chi connectivity index (χ1n) is 6.42. The van der Waals surface area contributed by atoms with Crippen molar-refractivity contribution in [2.24, 2.45) is 0 Å². The summed E-state index contributed by atoms with van der Waals surface area (Å²) in [5.41, 5.74) is 1.45. The molecule has 1 rings (SSSR count). The number of benzene rings is 1. The first-order valence-corrected chi connectivity index (χ1v) is 6.42. The van der Waals surface area contributed by atoms with E-state index in [1.165, 1.54) is 12.1 Å². The molecule has 0 atom stereocenters.